The fourth-order valence-electron chi connectivity index (χ4n) is 2.69. The highest BCUT2D eigenvalue weighted by Gasteiger charge is 2.17. The maximum absolute atomic E-state index is 12.2. The second-order valence-electron chi connectivity index (χ2n) is 5.70. The summed E-state index contributed by atoms with van der Waals surface area (Å²) in [5.41, 5.74) is 0.766. The first kappa shape index (κ1) is 14.6. The Labute approximate surface area is 130 Å². The van der Waals surface area contributed by atoms with Crippen LogP contribution in [0.2, 0.25) is 0 Å². The summed E-state index contributed by atoms with van der Waals surface area (Å²) in [7, 11) is 0. The van der Waals surface area contributed by atoms with Crippen LogP contribution in [-0.2, 0) is 4.79 Å². The highest BCUT2D eigenvalue weighted by molar-refractivity contribution is 5.93. The van der Waals surface area contributed by atoms with E-state index in [0.29, 0.717) is 6.10 Å². The summed E-state index contributed by atoms with van der Waals surface area (Å²) in [5.74, 6) is 0.776. The number of hydrogen-bond donors (Lipinski definition) is 1. The zero-order chi connectivity index (χ0) is 15.4. The van der Waals surface area contributed by atoms with Crippen LogP contribution in [-0.4, -0.2) is 21.8 Å². The van der Waals surface area contributed by atoms with Crippen LogP contribution in [0.15, 0.2) is 42.7 Å². The molecule has 1 amide bonds. The Morgan fingerprint density at radius 1 is 1.32 bits per heavy atom. The number of aromatic nitrogens is 2. The minimum absolute atomic E-state index is 0.0897. The predicted molar refractivity (Wildman–Crippen MR) is 84.9 cm³/mol. The summed E-state index contributed by atoms with van der Waals surface area (Å²) in [6.07, 6.45) is 8.58. The van der Waals surface area contributed by atoms with Gasteiger partial charge in [0, 0.05) is 18.1 Å². The maximum atomic E-state index is 12.2. The summed E-state index contributed by atoms with van der Waals surface area (Å²) in [6, 6.07) is 9.03. The molecule has 0 saturated heterocycles. The fourth-order valence-corrected chi connectivity index (χ4v) is 2.69. The van der Waals surface area contributed by atoms with Crippen molar-refractivity contribution in [3.8, 4) is 5.75 Å². The molecule has 0 bridgehead atoms. The monoisotopic (exact) mass is 299 g/mol. The van der Waals surface area contributed by atoms with Crippen molar-refractivity contribution in [1.82, 2.24) is 9.78 Å². The van der Waals surface area contributed by atoms with E-state index in [1.807, 2.05) is 31.2 Å². The molecule has 5 nitrogen and oxygen atoms in total. The van der Waals surface area contributed by atoms with E-state index in [2.05, 4.69) is 10.4 Å². The zero-order valence-electron chi connectivity index (χ0n) is 12.7. The van der Waals surface area contributed by atoms with Crippen molar-refractivity contribution in [3.05, 3.63) is 42.7 Å². The molecular weight excluding hydrogens is 278 g/mol. The van der Waals surface area contributed by atoms with Crippen LogP contribution >= 0.6 is 0 Å². The topological polar surface area (TPSA) is 56.1 Å². The van der Waals surface area contributed by atoms with Gasteiger partial charge in [-0.15, -0.1) is 0 Å². The average molecular weight is 299 g/mol. The van der Waals surface area contributed by atoms with Crippen LogP contribution in [0.5, 0.6) is 5.75 Å². The van der Waals surface area contributed by atoms with Crippen LogP contribution in [0, 0.1) is 0 Å². The van der Waals surface area contributed by atoms with Crippen LogP contribution < -0.4 is 10.1 Å². The summed E-state index contributed by atoms with van der Waals surface area (Å²) >= 11 is 0. The SMILES string of the molecule is CC(C(=O)Nc1ccc(OC2CCCC2)cc1)n1cccn1. The van der Waals surface area contributed by atoms with Crippen LogP contribution in [0.1, 0.15) is 38.6 Å². The Morgan fingerprint density at radius 2 is 2.05 bits per heavy atom. The number of amides is 1. The third-order valence-electron chi connectivity index (χ3n) is 4.03. The Kier molecular flexibility index (Phi) is 4.42. The van der Waals surface area contributed by atoms with E-state index in [4.69, 9.17) is 4.74 Å². The molecular formula is C17H21N3O2. The molecule has 0 radical (unpaired) electrons. The average Bonchev–Trinajstić information content (AvgIpc) is 3.21. The molecule has 116 valence electrons. The first-order chi connectivity index (χ1) is 10.7. The molecule has 22 heavy (non-hydrogen) atoms. The Balaban J connectivity index is 1.57. The van der Waals surface area contributed by atoms with Crippen molar-refractivity contribution in [3.63, 3.8) is 0 Å². The van der Waals surface area contributed by atoms with Crippen LogP contribution in [0.3, 0.4) is 0 Å². The number of rotatable bonds is 5. The van der Waals surface area contributed by atoms with Gasteiger partial charge in [-0.3, -0.25) is 9.48 Å². The molecule has 2 aromatic rings. The third-order valence-corrected chi connectivity index (χ3v) is 4.03. The molecule has 1 aromatic heterocycles. The molecule has 1 aliphatic rings. The summed E-state index contributed by atoms with van der Waals surface area (Å²) in [6.45, 7) is 1.82. The van der Waals surface area contributed by atoms with E-state index >= 15 is 0 Å². The number of anilines is 1. The molecule has 1 aliphatic carbocycles. The molecule has 0 aliphatic heterocycles. The molecule has 1 unspecified atom stereocenters. The number of carbonyl (C=O) groups excluding carboxylic acids is 1. The van der Waals surface area contributed by atoms with E-state index in [0.717, 1.165) is 24.3 Å². The predicted octanol–water partition coefficient (Wildman–Crippen LogP) is 3.40. The van der Waals surface area contributed by atoms with Gasteiger partial charge in [-0.25, -0.2) is 0 Å². The van der Waals surface area contributed by atoms with Gasteiger partial charge < -0.3 is 10.1 Å². The first-order valence-electron chi connectivity index (χ1n) is 7.79. The number of nitrogens with one attached hydrogen (secondary N) is 1. The van der Waals surface area contributed by atoms with Gasteiger partial charge in [0.25, 0.3) is 0 Å². The highest BCUT2D eigenvalue weighted by Crippen LogP contribution is 2.25. The standard InChI is InChI=1S/C17H21N3O2/c1-13(20-12-4-11-18-20)17(21)19-14-7-9-16(10-8-14)22-15-5-2-3-6-15/h4,7-13,15H,2-3,5-6H2,1H3,(H,19,21). The molecule has 1 aromatic carbocycles. The largest absolute Gasteiger partial charge is 0.490 e. The molecule has 1 atom stereocenters. The van der Waals surface area contributed by atoms with Crippen molar-refractivity contribution >= 4 is 11.6 Å². The Bertz CT molecular complexity index is 601. The van der Waals surface area contributed by atoms with Crippen molar-refractivity contribution in [2.24, 2.45) is 0 Å². The molecule has 1 fully saturated rings. The van der Waals surface area contributed by atoms with Gasteiger partial charge in [0.05, 0.1) is 6.10 Å². The van der Waals surface area contributed by atoms with Crippen molar-refractivity contribution in [2.45, 2.75) is 44.8 Å². The lowest BCUT2D eigenvalue weighted by atomic mass is 10.2. The second kappa shape index (κ2) is 6.64. The number of ether oxygens (including phenoxy) is 1. The summed E-state index contributed by atoms with van der Waals surface area (Å²) in [5, 5.41) is 6.98. The smallest absolute Gasteiger partial charge is 0.248 e. The Morgan fingerprint density at radius 3 is 2.68 bits per heavy atom. The van der Waals surface area contributed by atoms with Gasteiger partial charge in [-0.05, 0) is 62.9 Å². The van der Waals surface area contributed by atoms with Crippen molar-refractivity contribution in [1.29, 1.82) is 0 Å². The normalized spacial score (nSPS) is 16.4. The van der Waals surface area contributed by atoms with Crippen LogP contribution in [0.25, 0.3) is 0 Å². The quantitative estimate of drug-likeness (QED) is 0.920. The van der Waals surface area contributed by atoms with E-state index in [-0.39, 0.29) is 11.9 Å². The zero-order valence-corrected chi connectivity index (χ0v) is 12.7. The number of hydrogen-bond acceptors (Lipinski definition) is 3. The van der Waals surface area contributed by atoms with Gasteiger partial charge in [-0.1, -0.05) is 0 Å². The van der Waals surface area contributed by atoms with Gasteiger partial charge >= 0.3 is 0 Å². The van der Waals surface area contributed by atoms with Gasteiger partial charge in [0.1, 0.15) is 11.8 Å². The minimum atomic E-state index is -0.343. The van der Waals surface area contributed by atoms with Crippen LogP contribution in [0.4, 0.5) is 5.69 Å². The second-order valence-corrected chi connectivity index (χ2v) is 5.70. The molecule has 1 heterocycles. The maximum Gasteiger partial charge on any atom is 0.248 e. The molecule has 1 saturated carbocycles. The molecule has 0 spiro atoms. The fraction of sp³-hybridized carbons (Fsp3) is 0.412. The number of carbonyl (C=O) groups is 1. The van der Waals surface area contributed by atoms with E-state index < -0.39 is 0 Å². The summed E-state index contributed by atoms with van der Waals surface area (Å²) in [4.78, 5) is 12.2. The lowest BCUT2D eigenvalue weighted by molar-refractivity contribution is -0.119. The molecule has 3 rings (SSSR count). The third kappa shape index (κ3) is 3.47. The lowest BCUT2D eigenvalue weighted by Crippen LogP contribution is -2.23. The van der Waals surface area contributed by atoms with Crippen molar-refractivity contribution < 1.29 is 9.53 Å². The van der Waals surface area contributed by atoms with Crippen molar-refractivity contribution in [2.75, 3.05) is 5.32 Å². The molecule has 5 heteroatoms. The van der Waals surface area contributed by atoms with E-state index in [1.165, 1.54) is 12.8 Å². The molecule has 1 N–H and O–H groups in total. The summed E-state index contributed by atoms with van der Waals surface area (Å²) < 4.78 is 7.55. The number of nitrogens with zero attached hydrogens (tertiary/aromatic N) is 2. The lowest BCUT2D eigenvalue weighted by Gasteiger charge is -2.15. The van der Waals surface area contributed by atoms with Gasteiger partial charge in [-0.2, -0.15) is 5.10 Å². The highest BCUT2D eigenvalue weighted by atomic mass is 16.5. The Hall–Kier alpha value is -2.30. The van der Waals surface area contributed by atoms with E-state index in [9.17, 15) is 4.79 Å². The van der Waals surface area contributed by atoms with Gasteiger partial charge in [0.15, 0.2) is 0 Å². The van der Waals surface area contributed by atoms with Gasteiger partial charge in [0.2, 0.25) is 5.91 Å². The first-order valence-corrected chi connectivity index (χ1v) is 7.79. The van der Waals surface area contributed by atoms with E-state index in [1.54, 1.807) is 23.1 Å². The number of benzene rings is 1. The minimum Gasteiger partial charge on any atom is -0.490 e.